The fourth-order valence-electron chi connectivity index (χ4n) is 3.00. The van der Waals surface area contributed by atoms with E-state index >= 15 is 0 Å². The smallest absolute Gasteiger partial charge is 0.124 e. The lowest BCUT2D eigenvalue weighted by Gasteiger charge is -2.23. The highest BCUT2D eigenvalue weighted by atomic mass is 32.2. The van der Waals surface area contributed by atoms with Crippen molar-refractivity contribution in [3.8, 4) is 11.5 Å². The van der Waals surface area contributed by atoms with Crippen molar-refractivity contribution < 1.29 is 10.2 Å². The molecule has 0 aliphatic rings. The minimum absolute atomic E-state index is 0.212. The molecule has 0 fully saturated rings. The maximum Gasteiger partial charge on any atom is 0.124 e. The van der Waals surface area contributed by atoms with Crippen LogP contribution in [0, 0.1) is 0 Å². The van der Waals surface area contributed by atoms with E-state index in [4.69, 9.17) is 4.99 Å². The second-order valence-electron chi connectivity index (χ2n) is 7.63. The van der Waals surface area contributed by atoms with Crippen LogP contribution in [-0.2, 0) is 5.75 Å². The molecule has 3 aromatic carbocycles. The Labute approximate surface area is 188 Å². The summed E-state index contributed by atoms with van der Waals surface area (Å²) in [5.74, 6) is 2.32. The zero-order valence-electron chi connectivity index (χ0n) is 17.7. The van der Waals surface area contributed by atoms with Crippen LogP contribution in [0.4, 0.5) is 0 Å². The van der Waals surface area contributed by atoms with Gasteiger partial charge in [-0.3, -0.25) is 9.98 Å². The van der Waals surface area contributed by atoms with Crippen molar-refractivity contribution >= 4 is 24.2 Å². The Balaban J connectivity index is 1.67. The Morgan fingerprint density at radius 2 is 1.39 bits per heavy atom. The number of phenolic OH excluding ortho intramolecular Hbond substituents is 2. The number of thioether (sulfide) groups is 1. The van der Waals surface area contributed by atoms with Crippen LogP contribution in [0.2, 0.25) is 0 Å². The fourth-order valence-corrected chi connectivity index (χ4v) is 4.16. The van der Waals surface area contributed by atoms with Gasteiger partial charge >= 0.3 is 0 Å². The monoisotopic (exact) mass is 432 g/mol. The molecule has 4 nitrogen and oxygen atoms in total. The summed E-state index contributed by atoms with van der Waals surface area (Å²) < 4.78 is 0. The maximum absolute atomic E-state index is 10.1. The summed E-state index contributed by atoms with van der Waals surface area (Å²) in [6.07, 6.45) is 4.26. The van der Waals surface area contributed by atoms with E-state index in [2.05, 4.69) is 36.2 Å². The van der Waals surface area contributed by atoms with Gasteiger partial charge in [-0.05, 0) is 48.9 Å². The Hall–Kier alpha value is -3.05. The molecule has 0 aromatic heterocycles. The first-order valence-corrected chi connectivity index (χ1v) is 11.4. The normalized spacial score (nSPS) is 13.6. The van der Waals surface area contributed by atoms with Crippen LogP contribution < -0.4 is 0 Å². The number of nitrogens with zero attached hydrogens (tertiary/aromatic N) is 2. The molecule has 160 valence electrons. The van der Waals surface area contributed by atoms with Crippen molar-refractivity contribution in [2.75, 3.05) is 12.3 Å². The number of aromatic hydroxyl groups is 2. The molecule has 3 rings (SSSR count). The van der Waals surface area contributed by atoms with Gasteiger partial charge < -0.3 is 10.2 Å². The number of rotatable bonds is 10. The zero-order chi connectivity index (χ0) is 21.9. The molecule has 0 aliphatic carbocycles. The van der Waals surface area contributed by atoms with Crippen LogP contribution in [0.15, 0.2) is 88.8 Å². The molecular weight excluding hydrogens is 404 g/mol. The third kappa shape index (κ3) is 7.30. The topological polar surface area (TPSA) is 65.2 Å². The van der Waals surface area contributed by atoms with Gasteiger partial charge in [0, 0.05) is 29.3 Å². The van der Waals surface area contributed by atoms with Gasteiger partial charge in [-0.2, -0.15) is 11.8 Å². The van der Waals surface area contributed by atoms with Crippen molar-refractivity contribution in [1.82, 2.24) is 0 Å². The molecule has 0 saturated carbocycles. The van der Waals surface area contributed by atoms with Gasteiger partial charge in [-0.25, -0.2) is 0 Å². The highest BCUT2D eigenvalue weighted by Gasteiger charge is 2.22. The quantitative estimate of drug-likeness (QED) is 0.318. The maximum atomic E-state index is 10.1. The van der Waals surface area contributed by atoms with Crippen LogP contribution in [-0.4, -0.2) is 40.5 Å². The minimum Gasteiger partial charge on any atom is -0.507 e. The number of para-hydroxylation sites is 2. The Bertz CT molecular complexity index is 1020. The molecule has 5 heteroatoms. The molecule has 0 spiro atoms. The number of phenols is 2. The van der Waals surface area contributed by atoms with Crippen molar-refractivity contribution in [3.63, 3.8) is 0 Å². The van der Waals surface area contributed by atoms with Gasteiger partial charge in [0.25, 0.3) is 0 Å². The summed E-state index contributed by atoms with van der Waals surface area (Å²) in [5.41, 5.74) is 2.26. The van der Waals surface area contributed by atoms with Crippen LogP contribution in [0.5, 0.6) is 11.5 Å². The molecule has 0 aliphatic heterocycles. The van der Waals surface area contributed by atoms with E-state index in [0.29, 0.717) is 17.7 Å². The van der Waals surface area contributed by atoms with Gasteiger partial charge in [-0.1, -0.05) is 54.6 Å². The lowest BCUT2D eigenvalue weighted by Crippen LogP contribution is -2.27. The molecule has 0 heterocycles. The molecule has 0 radical (unpaired) electrons. The molecule has 0 amide bonds. The zero-order valence-corrected chi connectivity index (χ0v) is 18.5. The van der Waals surface area contributed by atoms with E-state index in [1.54, 1.807) is 36.7 Å². The first-order valence-electron chi connectivity index (χ1n) is 10.3. The second kappa shape index (κ2) is 11.4. The summed E-state index contributed by atoms with van der Waals surface area (Å²) in [4.78, 5) is 9.39. The predicted octanol–water partition coefficient (Wildman–Crippen LogP) is 5.72. The van der Waals surface area contributed by atoms with E-state index in [1.165, 1.54) is 5.56 Å². The molecule has 0 saturated heterocycles. The fraction of sp³-hybridized carbons (Fsp3) is 0.231. The van der Waals surface area contributed by atoms with Crippen molar-refractivity contribution in [2.45, 2.75) is 24.6 Å². The predicted molar refractivity (Wildman–Crippen MR) is 132 cm³/mol. The third-order valence-electron chi connectivity index (χ3n) is 4.95. The largest absolute Gasteiger partial charge is 0.507 e. The average Bonchev–Trinajstić information content (AvgIpc) is 2.78. The number of aliphatic imine (C=N–C) groups is 2. The highest BCUT2D eigenvalue weighted by Crippen LogP contribution is 2.23. The van der Waals surface area contributed by atoms with Gasteiger partial charge in [-0.15, -0.1) is 0 Å². The third-order valence-corrected chi connectivity index (χ3v) is 5.98. The number of benzene rings is 3. The number of hydrogen-bond acceptors (Lipinski definition) is 5. The van der Waals surface area contributed by atoms with E-state index in [0.717, 1.165) is 17.9 Å². The molecule has 2 N–H and O–H groups in total. The average molecular weight is 433 g/mol. The highest BCUT2D eigenvalue weighted by molar-refractivity contribution is 7.98. The van der Waals surface area contributed by atoms with Crippen molar-refractivity contribution in [2.24, 2.45) is 9.98 Å². The van der Waals surface area contributed by atoms with E-state index in [1.807, 2.05) is 42.1 Å². The Kier molecular flexibility index (Phi) is 8.30. The minimum atomic E-state index is -0.424. The standard InChI is InChI=1S/C26H28N2O2S/c1-26(28-18-23-12-6-8-14-25(23)30,15-16-31-19-21-9-3-2-4-10-21)20-27-17-22-11-5-7-13-24(22)29/h2-14,17-18,29-30H,15-16,19-20H2,1H3/b27-17+,28-18+. The SMILES string of the molecule is CC(CCSCc1ccccc1)(C/N=C/c1ccccc1O)/N=C/c1ccccc1O. The lowest BCUT2D eigenvalue weighted by molar-refractivity contribution is 0.468. The Morgan fingerprint density at radius 1 is 0.806 bits per heavy atom. The van der Waals surface area contributed by atoms with Crippen LogP contribution >= 0.6 is 11.8 Å². The van der Waals surface area contributed by atoms with E-state index in [9.17, 15) is 10.2 Å². The summed E-state index contributed by atoms with van der Waals surface area (Å²) >= 11 is 1.88. The summed E-state index contributed by atoms with van der Waals surface area (Å²) in [7, 11) is 0. The van der Waals surface area contributed by atoms with Crippen molar-refractivity contribution in [3.05, 3.63) is 95.6 Å². The Morgan fingerprint density at radius 3 is 2.03 bits per heavy atom. The van der Waals surface area contributed by atoms with Crippen molar-refractivity contribution in [1.29, 1.82) is 0 Å². The lowest BCUT2D eigenvalue weighted by atomic mass is 10.00. The molecule has 1 unspecified atom stereocenters. The van der Waals surface area contributed by atoms with Gasteiger partial charge in [0.1, 0.15) is 11.5 Å². The summed E-state index contributed by atoms with van der Waals surface area (Å²) in [5, 5.41) is 20.0. The van der Waals surface area contributed by atoms with Gasteiger partial charge in [0.05, 0.1) is 12.1 Å². The molecular formula is C26H28N2O2S. The summed E-state index contributed by atoms with van der Waals surface area (Å²) in [6.45, 7) is 2.56. The van der Waals surface area contributed by atoms with Crippen LogP contribution in [0.3, 0.4) is 0 Å². The van der Waals surface area contributed by atoms with E-state index in [-0.39, 0.29) is 11.5 Å². The van der Waals surface area contributed by atoms with Crippen LogP contribution in [0.25, 0.3) is 0 Å². The summed E-state index contributed by atoms with van der Waals surface area (Å²) in [6, 6.07) is 24.7. The van der Waals surface area contributed by atoms with Gasteiger partial charge in [0.2, 0.25) is 0 Å². The molecule has 0 bridgehead atoms. The first kappa shape index (κ1) is 22.6. The van der Waals surface area contributed by atoms with E-state index < -0.39 is 5.54 Å². The molecule has 3 aromatic rings. The molecule has 31 heavy (non-hydrogen) atoms. The second-order valence-corrected chi connectivity index (χ2v) is 8.74. The van der Waals surface area contributed by atoms with Gasteiger partial charge in [0.15, 0.2) is 0 Å². The molecule has 1 atom stereocenters. The van der Waals surface area contributed by atoms with Crippen LogP contribution in [0.1, 0.15) is 30.0 Å². The number of hydrogen-bond donors (Lipinski definition) is 2. The first-order chi connectivity index (χ1) is 15.1.